The van der Waals surface area contributed by atoms with Crippen molar-refractivity contribution in [3.8, 4) is 0 Å². The summed E-state index contributed by atoms with van der Waals surface area (Å²) in [5, 5.41) is 10.7. The standard InChI is InChI=1S/C16H15NO4/c1-16(15(18)21-2,12-6-4-3-5-7-12)13-8-10-14(11-9-13)17(19)20/h3-11H,1-2H3. The van der Waals surface area contributed by atoms with Crippen molar-refractivity contribution in [2.45, 2.75) is 12.3 Å². The van der Waals surface area contributed by atoms with Gasteiger partial charge in [0.2, 0.25) is 0 Å². The van der Waals surface area contributed by atoms with Gasteiger partial charge in [-0.05, 0) is 18.1 Å². The lowest BCUT2D eigenvalue weighted by Gasteiger charge is -2.27. The van der Waals surface area contributed by atoms with Gasteiger partial charge >= 0.3 is 5.97 Å². The summed E-state index contributed by atoms with van der Waals surface area (Å²) in [5.74, 6) is -0.414. The zero-order valence-corrected chi connectivity index (χ0v) is 11.8. The summed E-state index contributed by atoms with van der Waals surface area (Å²) in [6.07, 6.45) is 0. The molecular formula is C16H15NO4. The summed E-state index contributed by atoms with van der Waals surface area (Å²) in [6.45, 7) is 1.75. The Morgan fingerprint density at radius 2 is 1.57 bits per heavy atom. The maximum atomic E-state index is 12.3. The number of esters is 1. The average Bonchev–Trinajstić information content (AvgIpc) is 2.54. The van der Waals surface area contributed by atoms with E-state index in [1.807, 2.05) is 30.3 Å². The molecule has 0 N–H and O–H groups in total. The molecule has 0 radical (unpaired) electrons. The summed E-state index contributed by atoms with van der Waals surface area (Å²) in [4.78, 5) is 22.6. The first kappa shape index (κ1) is 14.7. The molecule has 0 spiro atoms. The van der Waals surface area contributed by atoms with Crippen molar-refractivity contribution in [2.75, 3.05) is 7.11 Å². The van der Waals surface area contributed by atoms with E-state index in [-0.39, 0.29) is 5.69 Å². The van der Waals surface area contributed by atoms with Crippen molar-refractivity contribution in [1.29, 1.82) is 0 Å². The Morgan fingerprint density at radius 1 is 1.05 bits per heavy atom. The fourth-order valence-electron chi connectivity index (χ4n) is 2.29. The van der Waals surface area contributed by atoms with Gasteiger partial charge in [-0.3, -0.25) is 14.9 Å². The van der Waals surface area contributed by atoms with Crippen LogP contribution in [-0.2, 0) is 14.9 Å². The molecule has 0 saturated carbocycles. The third-order valence-electron chi connectivity index (χ3n) is 3.60. The molecule has 2 aromatic carbocycles. The third-order valence-corrected chi connectivity index (χ3v) is 3.60. The largest absolute Gasteiger partial charge is 0.468 e. The Balaban J connectivity index is 2.55. The summed E-state index contributed by atoms with van der Waals surface area (Å²) in [7, 11) is 1.33. The molecule has 0 amide bonds. The van der Waals surface area contributed by atoms with Gasteiger partial charge in [0.05, 0.1) is 12.0 Å². The molecular weight excluding hydrogens is 270 g/mol. The van der Waals surface area contributed by atoms with E-state index in [0.29, 0.717) is 5.56 Å². The number of ether oxygens (including phenoxy) is 1. The van der Waals surface area contributed by atoms with Crippen LogP contribution in [0.15, 0.2) is 54.6 Å². The van der Waals surface area contributed by atoms with Crippen molar-refractivity contribution >= 4 is 11.7 Å². The number of carbonyl (C=O) groups is 1. The zero-order valence-electron chi connectivity index (χ0n) is 11.8. The molecule has 0 aliphatic carbocycles. The van der Waals surface area contributed by atoms with Crippen LogP contribution in [0.5, 0.6) is 0 Å². The normalized spacial score (nSPS) is 13.2. The van der Waals surface area contributed by atoms with E-state index in [9.17, 15) is 14.9 Å². The molecule has 0 aliphatic rings. The van der Waals surface area contributed by atoms with Gasteiger partial charge < -0.3 is 4.74 Å². The number of nitro groups is 1. The van der Waals surface area contributed by atoms with E-state index in [1.54, 1.807) is 19.1 Å². The summed E-state index contributed by atoms with van der Waals surface area (Å²) >= 11 is 0. The number of rotatable bonds is 4. The van der Waals surface area contributed by atoms with Gasteiger partial charge in [-0.15, -0.1) is 0 Å². The topological polar surface area (TPSA) is 69.4 Å². The van der Waals surface area contributed by atoms with E-state index in [2.05, 4.69) is 0 Å². The van der Waals surface area contributed by atoms with E-state index < -0.39 is 16.3 Å². The Kier molecular flexibility index (Phi) is 4.03. The smallest absolute Gasteiger partial charge is 0.320 e. The highest BCUT2D eigenvalue weighted by atomic mass is 16.6. The van der Waals surface area contributed by atoms with Gasteiger partial charge in [0.15, 0.2) is 0 Å². The second-order valence-corrected chi connectivity index (χ2v) is 4.79. The lowest BCUT2D eigenvalue weighted by Crippen LogP contribution is -2.35. The fourth-order valence-corrected chi connectivity index (χ4v) is 2.29. The number of methoxy groups -OCH3 is 1. The molecule has 1 unspecified atom stereocenters. The van der Waals surface area contributed by atoms with Crippen molar-refractivity contribution in [1.82, 2.24) is 0 Å². The third kappa shape index (κ3) is 2.63. The number of nitrogens with zero attached hydrogens (tertiary/aromatic N) is 1. The molecule has 0 fully saturated rings. The quantitative estimate of drug-likeness (QED) is 0.492. The zero-order chi connectivity index (χ0) is 15.5. The number of hydrogen-bond acceptors (Lipinski definition) is 4. The molecule has 1 atom stereocenters. The van der Waals surface area contributed by atoms with Crippen molar-refractivity contribution in [2.24, 2.45) is 0 Å². The van der Waals surface area contributed by atoms with Crippen LogP contribution in [0.3, 0.4) is 0 Å². The van der Waals surface area contributed by atoms with E-state index in [1.165, 1.54) is 19.2 Å². The minimum Gasteiger partial charge on any atom is -0.468 e. The van der Waals surface area contributed by atoms with E-state index in [0.717, 1.165) is 5.56 Å². The molecule has 0 aromatic heterocycles. The molecule has 5 nitrogen and oxygen atoms in total. The Labute approximate surface area is 122 Å². The van der Waals surface area contributed by atoms with E-state index >= 15 is 0 Å². The second kappa shape index (κ2) is 5.75. The van der Waals surface area contributed by atoms with Crippen molar-refractivity contribution in [3.05, 3.63) is 75.8 Å². The monoisotopic (exact) mass is 285 g/mol. The molecule has 5 heteroatoms. The molecule has 0 bridgehead atoms. The van der Waals surface area contributed by atoms with Gasteiger partial charge in [-0.25, -0.2) is 0 Å². The van der Waals surface area contributed by atoms with Crippen LogP contribution in [0.4, 0.5) is 5.69 Å². The number of benzene rings is 2. The SMILES string of the molecule is COC(=O)C(C)(c1ccccc1)c1ccc([N+](=O)[O-])cc1. The molecule has 0 heterocycles. The van der Waals surface area contributed by atoms with Crippen molar-refractivity contribution in [3.63, 3.8) is 0 Å². The molecule has 108 valence electrons. The van der Waals surface area contributed by atoms with Gasteiger partial charge in [-0.2, -0.15) is 0 Å². The highest BCUT2D eigenvalue weighted by Crippen LogP contribution is 2.34. The molecule has 21 heavy (non-hydrogen) atoms. The number of hydrogen-bond donors (Lipinski definition) is 0. The van der Waals surface area contributed by atoms with E-state index in [4.69, 9.17) is 4.74 Å². The van der Waals surface area contributed by atoms with Crippen LogP contribution in [-0.4, -0.2) is 18.0 Å². The average molecular weight is 285 g/mol. The van der Waals surface area contributed by atoms with Crippen LogP contribution >= 0.6 is 0 Å². The maximum Gasteiger partial charge on any atom is 0.320 e. The lowest BCUT2D eigenvalue weighted by molar-refractivity contribution is -0.384. The lowest BCUT2D eigenvalue weighted by atomic mass is 9.76. The molecule has 0 aliphatic heterocycles. The first-order chi connectivity index (χ1) is 10.00. The Hall–Kier alpha value is -2.69. The first-order valence-corrected chi connectivity index (χ1v) is 6.39. The maximum absolute atomic E-state index is 12.3. The Bertz CT molecular complexity index is 652. The van der Waals surface area contributed by atoms with Crippen LogP contribution in [0.25, 0.3) is 0 Å². The molecule has 2 rings (SSSR count). The van der Waals surface area contributed by atoms with Gasteiger partial charge in [0.1, 0.15) is 5.41 Å². The number of nitro benzene ring substituents is 1. The van der Waals surface area contributed by atoms with Crippen LogP contribution in [0.1, 0.15) is 18.1 Å². The van der Waals surface area contributed by atoms with Crippen LogP contribution in [0.2, 0.25) is 0 Å². The first-order valence-electron chi connectivity index (χ1n) is 6.39. The Morgan fingerprint density at radius 3 is 2.05 bits per heavy atom. The van der Waals surface area contributed by atoms with Crippen LogP contribution in [0, 0.1) is 10.1 Å². The predicted molar refractivity (Wildman–Crippen MR) is 78.0 cm³/mol. The highest BCUT2D eigenvalue weighted by molar-refractivity contribution is 5.87. The van der Waals surface area contributed by atoms with Gasteiger partial charge in [-0.1, -0.05) is 42.5 Å². The highest BCUT2D eigenvalue weighted by Gasteiger charge is 2.38. The summed E-state index contributed by atoms with van der Waals surface area (Å²) < 4.78 is 4.93. The summed E-state index contributed by atoms with van der Waals surface area (Å²) in [6, 6.07) is 15.1. The molecule has 0 saturated heterocycles. The molecule has 2 aromatic rings. The number of non-ortho nitro benzene ring substituents is 1. The minimum atomic E-state index is -1.01. The van der Waals surface area contributed by atoms with Gasteiger partial charge in [0, 0.05) is 12.1 Å². The van der Waals surface area contributed by atoms with Crippen molar-refractivity contribution < 1.29 is 14.5 Å². The summed E-state index contributed by atoms with van der Waals surface area (Å²) in [5.41, 5.74) is 0.390. The van der Waals surface area contributed by atoms with Crippen LogP contribution < -0.4 is 0 Å². The predicted octanol–water partition coefficient (Wildman–Crippen LogP) is 3.07. The fraction of sp³-hybridized carbons (Fsp3) is 0.188. The van der Waals surface area contributed by atoms with Gasteiger partial charge in [0.25, 0.3) is 5.69 Å². The number of carbonyl (C=O) groups excluding carboxylic acids is 1. The second-order valence-electron chi connectivity index (χ2n) is 4.79. The minimum absolute atomic E-state index is 0.0148.